The molecule has 5 rings (SSSR count). The fraction of sp³-hybridized carbons (Fsp3) is 0.833. The molecular formula is C24H34O4. The lowest BCUT2D eigenvalue weighted by molar-refractivity contribution is -0.159. The predicted molar refractivity (Wildman–Crippen MR) is 105 cm³/mol. The molecule has 2 N–H and O–H groups in total. The number of aliphatic hydroxyl groups is 1. The van der Waals surface area contributed by atoms with Gasteiger partial charge in [0.2, 0.25) is 0 Å². The van der Waals surface area contributed by atoms with Crippen LogP contribution in [0.15, 0.2) is 11.6 Å². The minimum absolute atomic E-state index is 0.0744. The van der Waals surface area contributed by atoms with Crippen molar-refractivity contribution in [1.82, 2.24) is 0 Å². The average molecular weight is 387 g/mol. The predicted octanol–water partition coefficient (Wildman–Crippen LogP) is 4.22. The Kier molecular flexibility index (Phi) is 4.15. The summed E-state index contributed by atoms with van der Waals surface area (Å²) in [7, 11) is 0. The Labute approximate surface area is 167 Å². The van der Waals surface area contributed by atoms with E-state index >= 15 is 0 Å². The molecule has 0 radical (unpaired) electrons. The van der Waals surface area contributed by atoms with Crippen LogP contribution in [0.25, 0.3) is 0 Å². The van der Waals surface area contributed by atoms with E-state index in [9.17, 15) is 19.8 Å². The van der Waals surface area contributed by atoms with Gasteiger partial charge in [-0.1, -0.05) is 25.8 Å². The van der Waals surface area contributed by atoms with Crippen molar-refractivity contribution in [3.8, 4) is 0 Å². The first kappa shape index (κ1) is 18.8. The third kappa shape index (κ3) is 2.39. The Morgan fingerprint density at radius 2 is 2.07 bits per heavy atom. The standard InChI is InChI=1S/C24H34O4/c1-3-13-10-14-11-15(25)4-5-16(14)17-6-8-23(2)22(21(13)17)18-12-19(18)24(23,28)9-7-20(26)27/h11,13,16-19,21-22,28H,3-10,12H2,1-2H3,(H,26,27)/t13-,16+,17-,18+,19-,21-,22+,23+,24+/m1/s1. The normalized spacial score (nSPS) is 51.5. The van der Waals surface area contributed by atoms with E-state index in [-0.39, 0.29) is 11.8 Å². The number of fused-ring (bicyclic) bond motifs is 7. The van der Waals surface area contributed by atoms with Crippen LogP contribution in [0, 0.1) is 46.8 Å². The maximum atomic E-state index is 12.0. The largest absolute Gasteiger partial charge is 0.481 e. The average Bonchev–Trinajstić information content (AvgIpc) is 3.42. The number of carbonyl (C=O) groups excluding carboxylic acids is 1. The zero-order chi connectivity index (χ0) is 19.8. The van der Waals surface area contributed by atoms with Crippen LogP contribution < -0.4 is 0 Å². The van der Waals surface area contributed by atoms with Gasteiger partial charge in [0.15, 0.2) is 5.78 Å². The van der Waals surface area contributed by atoms with Crippen molar-refractivity contribution in [3.63, 3.8) is 0 Å². The first-order valence-corrected chi connectivity index (χ1v) is 11.5. The summed E-state index contributed by atoms with van der Waals surface area (Å²) in [5.74, 6) is 3.39. The highest BCUT2D eigenvalue weighted by Gasteiger charge is 2.75. The first-order valence-electron chi connectivity index (χ1n) is 11.5. The highest BCUT2D eigenvalue weighted by atomic mass is 16.4. The van der Waals surface area contributed by atoms with Gasteiger partial charge < -0.3 is 10.2 Å². The molecule has 9 atom stereocenters. The minimum atomic E-state index is -0.803. The lowest BCUT2D eigenvalue weighted by atomic mass is 9.46. The van der Waals surface area contributed by atoms with Crippen LogP contribution in [0.2, 0.25) is 0 Å². The molecule has 0 spiro atoms. The zero-order valence-corrected chi connectivity index (χ0v) is 17.2. The second-order valence-corrected chi connectivity index (χ2v) is 10.8. The molecule has 0 aliphatic heterocycles. The molecule has 0 bridgehead atoms. The lowest BCUT2D eigenvalue weighted by Crippen LogP contribution is -2.57. The van der Waals surface area contributed by atoms with E-state index < -0.39 is 11.6 Å². The van der Waals surface area contributed by atoms with E-state index in [1.54, 1.807) is 0 Å². The maximum absolute atomic E-state index is 12.0. The van der Waals surface area contributed by atoms with Crippen molar-refractivity contribution in [2.75, 3.05) is 0 Å². The van der Waals surface area contributed by atoms with Gasteiger partial charge in [-0.15, -0.1) is 0 Å². The molecule has 0 aromatic rings. The third-order valence-corrected chi connectivity index (χ3v) is 9.87. The SMILES string of the molecule is CC[C@@H]1CC2=CC(=O)CC[C@@H]2[C@H]2CC[C@@]3(C)[C@@H]([C@H]4C[C@H]4[C@@]3(O)CCC(=O)O)[C@H]12. The monoisotopic (exact) mass is 386 g/mol. The van der Waals surface area contributed by atoms with Crippen LogP contribution in [-0.2, 0) is 9.59 Å². The summed E-state index contributed by atoms with van der Waals surface area (Å²) in [6.07, 6.45) is 9.59. The number of hydrogen-bond acceptors (Lipinski definition) is 3. The van der Waals surface area contributed by atoms with E-state index in [1.165, 1.54) is 5.57 Å². The van der Waals surface area contributed by atoms with Crippen LogP contribution in [0.3, 0.4) is 0 Å². The molecule has 0 amide bonds. The number of ketones is 1. The fourth-order valence-corrected chi connectivity index (χ4v) is 8.67. The molecule has 4 nitrogen and oxygen atoms in total. The summed E-state index contributed by atoms with van der Waals surface area (Å²) >= 11 is 0. The number of carboxylic acids is 1. The summed E-state index contributed by atoms with van der Waals surface area (Å²) in [6.45, 7) is 4.57. The van der Waals surface area contributed by atoms with Crippen LogP contribution >= 0.6 is 0 Å². The second-order valence-electron chi connectivity index (χ2n) is 10.8. The fourth-order valence-electron chi connectivity index (χ4n) is 8.67. The van der Waals surface area contributed by atoms with Gasteiger partial charge in [-0.3, -0.25) is 9.59 Å². The van der Waals surface area contributed by atoms with Crippen molar-refractivity contribution in [1.29, 1.82) is 0 Å². The summed E-state index contributed by atoms with van der Waals surface area (Å²) < 4.78 is 0. The van der Waals surface area contributed by atoms with E-state index in [1.807, 2.05) is 6.08 Å². The molecule has 0 aromatic heterocycles. The summed E-state index contributed by atoms with van der Waals surface area (Å²) in [5.41, 5.74) is 0.471. The van der Waals surface area contributed by atoms with E-state index in [2.05, 4.69) is 13.8 Å². The van der Waals surface area contributed by atoms with Crippen molar-refractivity contribution in [3.05, 3.63) is 11.6 Å². The molecule has 0 aromatic carbocycles. The molecule has 28 heavy (non-hydrogen) atoms. The van der Waals surface area contributed by atoms with Gasteiger partial charge >= 0.3 is 5.97 Å². The van der Waals surface area contributed by atoms with E-state index in [0.717, 1.165) is 38.5 Å². The number of hydrogen-bond donors (Lipinski definition) is 2. The van der Waals surface area contributed by atoms with Crippen LogP contribution in [0.5, 0.6) is 0 Å². The molecule has 5 aliphatic rings. The van der Waals surface area contributed by atoms with Crippen LogP contribution in [0.4, 0.5) is 0 Å². The first-order chi connectivity index (χ1) is 13.3. The van der Waals surface area contributed by atoms with Crippen molar-refractivity contribution in [2.24, 2.45) is 46.8 Å². The second kappa shape index (κ2) is 6.17. The molecule has 154 valence electrons. The van der Waals surface area contributed by atoms with Crippen molar-refractivity contribution < 1.29 is 19.8 Å². The number of carboxylic acid groups (broad SMARTS) is 1. The van der Waals surface area contributed by atoms with Gasteiger partial charge in [0.25, 0.3) is 0 Å². The number of allylic oxidation sites excluding steroid dienone is 1. The molecule has 4 heteroatoms. The van der Waals surface area contributed by atoms with E-state index in [4.69, 9.17) is 0 Å². The highest BCUT2D eigenvalue weighted by molar-refractivity contribution is 5.91. The number of rotatable bonds is 4. The zero-order valence-electron chi connectivity index (χ0n) is 17.2. The van der Waals surface area contributed by atoms with Gasteiger partial charge in [-0.25, -0.2) is 0 Å². The molecule has 0 unspecified atom stereocenters. The maximum Gasteiger partial charge on any atom is 0.303 e. The van der Waals surface area contributed by atoms with Gasteiger partial charge in [0, 0.05) is 12.8 Å². The summed E-state index contributed by atoms with van der Waals surface area (Å²) in [4.78, 5) is 23.3. The van der Waals surface area contributed by atoms with Gasteiger partial charge in [0.05, 0.1) is 5.60 Å². The Bertz CT molecular complexity index is 741. The molecule has 0 heterocycles. The Morgan fingerprint density at radius 3 is 2.79 bits per heavy atom. The number of carbonyl (C=O) groups is 2. The summed E-state index contributed by atoms with van der Waals surface area (Å²) in [5, 5.41) is 21.0. The molecular weight excluding hydrogens is 352 g/mol. The summed E-state index contributed by atoms with van der Waals surface area (Å²) in [6, 6.07) is 0. The molecule has 5 aliphatic carbocycles. The third-order valence-electron chi connectivity index (χ3n) is 9.87. The Morgan fingerprint density at radius 1 is 1.29 bits per heavy atom. The molecule has 0 saturated heterocycles. The quantitative estimate of drug-likeness (QED) is 0.759. The molecule has 4 saturated carbocycles. The van der Waals surface area contributed by atoms with Crippen molar-refractivity contribution >= 4 is 11.8 Å². The number of aliphatic carboxylic acids is 1. The Hall–Kier alpha value is -1.16. The lowest BCUT2D eigenvalue weighted by Gasteiger charge is -2.59. The van der Waals surface area contributed by atoms with Gasteiger partial charge in [0.1, 0.15) is 0 Å². The molecule has 4 fully saturated rings. The van der Waals surface area contributed by atoms with Crippen LogP contribution in [0.1, 0.15) is 71.6 Å². The topological polar surface area (TPSA) is 74.6 Å². The van der Waals surface area contributed by atoms with Gasteiger partial charge in [-0.05, 0) is 91.4 Å². The smallest absolute Gasteiger partial charge is 0.303 e. The van der Waals surface area contributed by atoms with Crippen molar-refractivity contribution in [2.45, 2.75) is 77.2 Å². The highest BCUT2D eigenvalue weighted by Crippen LogP contribution is 2.77. The Balaban J connectivity index is 1.50. The minimum Gasteiger partial charge on any atom is -0.481 e. The van der Waals surface area contributed by atoms with Crippen LogP contribution in [-0.4, -0.2) is 27.6 Å². The van der Waals surface area contributed by atoms with Gasteiger partial charge in [-0.2, -0.15) is 0 Å². The van der Waals surface area contributed by atoms with E-state index in [0.29, 0.717) is 60.1 Å².